The molecule has 1 aliphatic rings. The molecule has 0 fully saturated rings. The molecular formula is C18H15F3N2O4. The van der Waals surface area contributed by atoms with E-state index in [0.717, 1.165) is 24.3 Å². The first-order valence-corrected chi connectivity index (χ1v) is 7.80. The first-order valence-electron chi connectivity index (χ1n) is 7.80. The van der Waals surface area contributed by atoms with Gasteiger partial charge in [-0.25, -0.2) is 0 Å². The number of phenols is 1. The molecule has 1 amide bonds. The molecule has 9 heteroatoms. The fraction of sp³-hybridized carbons (Fsp3) is 0.222. The third-order valence-corrected chi connectivity index (χ3v) is 4.15. The molecule has 0 aliphatic carbocycles. The van der Waals surface area contributed by atoms with Crippen molar-refractivity contribution in [2.75, 3.05) is 7.11 Å². The highest BCUT2D eigenvalue weighted by Gasteiger charge is 2.63. The number of phenolic OH excluding ortho intramolecular Hbond substituents is 1. The van der Waals surface area contributed by atoms with E-state index in [4.69, 9.17) is 4.74 Å². The van der Waals surface area contributed by atoms with Crippen molar-refractivity contribution in [3.63, 3.8) is 0 Å². The molecule has 0 aromatic heterocycles. The fourth-order valence-corrected chi connectivity index (χ4v) is 2.67. The molecule has 2 aromatic carbocycles. The van der Waals surface area contributed by atoms with Crippen molar-refractivity contribution in [1.82, 2.24) is 5.01 Å². The van der Waals surface area contributed by atoms with Gasteiger partial charge in [-0.1, -0.05) is 12.1 Å². The lowest BCUT2D eigenvalue weighted by atomic mass is 10.0. The molecular weight excluding hydrogens is 365 g/mol. The topological polar surface area (TPSA) is 82.4 Å². The zero-order valence-electron chi connectivity index (χ0n) is 14.1. The van der Waals surface area contributed by atoms with Gasteiger partial charge >= 0.3 is 6.18 Å². The molecule has 3 rings (SSSR count). The monoisotopic (exact) mass is 380 g/mol. The molecule has 0 saturated heterocycles. The summed E-state index contributed by atoms with van der Waals surface area (Å²) < 4.78 is 45.8. The molecule has 0 spiro atoms. The van der Waals surface area contributed by atoms with Crippen LogP contribution in [0.25, 0.3) is 0 Å². The van der Waals surface area contributed by atoms with E-state index in [1.807, 2.05) is 0 Å². The Hall–Kier alpha value is -3.07. The van der Waals surface area contributed by atoms with Gasteiger partial charge in [-0.2, -0.15) is 23.3 Å². The fourth-order valence-electron chi connectivity index (χ4n) is 2.67. The maximum absolute atomic E-state index is 13.6. The van der Waals surface area contributed by atoms with Gasteiger partial charge in [0, 0.05) is 11.1 Å². The van der Waals surface area contributed by atoms with Gasteiger partial charge in [-0.3, -0.25) is 4.79 Å². The normalized spacial score (nSPS) is 19.7. The summed E-state index contributed by atoms with van der Waals surface area (Å²) in [5.41, 5.74) is -3.47. The summed E-state index contributed by atoms with van der Waals surface area (Å²) in [6.07, 6.45) is -6.06. The quantitative estimate of drug-likeness (QED) is 0.858. The first-order chi connectivity index (χ1) is 12.7. The van der Waals surface area contributed by atoms with Gasteiger partial charge in [0.1, 0.15) is 11.5 Å². The Kier molecular flexibility index (Phi) is 4.56. The van der Waals surface area contributed by atoms with Gasteiger partial charge < -0.3 is 14.9 Å². The molecule has 2 N–H and O–H groups in total. The number of benzene rings is 2. The second kappa shape index (κ2) is 6.58. The summed E-state index contributed by atoms with van der Waals surface area (Å²) in [6.45, 7) is 0. The number of hydrogen-bond donors (Lipinski definition) is 2. The summed E-state index contributed by atoms with van der Waals surface area (Å²) in [5.74, 6) is -0.901. The highest BCUT2D eigenvalue weighted by atomic mass is 19.4. The number of hydrazone groups is 1. The zero-order chi connectivity index (χ0) is 19.8. The number of ether oxygens (including phenoxy) is 1. The maximum Gasteiger partial charge on any atom is 0.438 e. The van der Waals surface area contributed by atoms with Crippen LogP contribution in [0, 0.1) is 0 Å². The third-order valence-electron chi connectivity index (χ3n) is 4.15. The van der Waals surface area contributed by atoms with Crippen molar-refractivity contribution in [2.45, 2.75) is 18.3 Å². The van der Waals surface area contributed by atoms with Crippen LogP contribution in [-0.2, 0) is 0 Å². The molecule has 6 nitrogen and oxygen atoms in total. The largest absolute Gasteiger partial charge is 0.508 e. The van der Waals surface area contributed by atoms with Crippen LogP contribution in [-0.4, -0.2) is 45.9 Å². The number of alkyl halides is 3. The van der Waals surface area contributed by atoms with E-state index in [2.05, 4.69) is 5.10 Å². The van der Waals surface area contributed by atoms with E-state index in [-0.39, 0.29) is 27.6 Å². The standard InChI is InChI=1S/C18H15F3N2O4/c1-27-14-4-2-3-12(9-14)15-10-17(26,18(19,20)21)23(22-15)16(25)11-5-7-13(24)8-6-11/h2-9,24,26H,10H2,1H3/t17-/m1/s1. The van der Waals surface area contributed by atoms with Crippen LogP contribution in [0.2, 0.25) is 0 Å². The molecule has 0 radical (unpaired) electrons. The number of carbonyl (C=O) groups excluding carboxylic acids is 1. The minimum Gasteiger partial charge on any atom is -0.508 e. The highest BCUT2D eigenvalue weighted by molar-refractivity contribution is 6.05. The predicted octanol–water partition coefficient (Wildman–Crippen LogP) is 2.90. The number of hydrogen-bond acceptors (Lipinski definition) is 5. The van der Waals surface area contributed by atoms with Crippen LogP contribution in [0.3, 0.4) is 0 Å². The molecule has 0 bridgehead atoms. The summed E-state index contributed by atoms with van der Waals surface area (Å²) in [5, 5.41) is 23.4. The Labute approximate surface area is 152 Å². The van der Waals surface area contributed by atoms with E-state index in [9.17, 15) is 28.2 Å². The number of carbonyl (C=O) groups is 1. The summed E-state index contributed by atoms with van der Waals surface area (Å²) in [7, 11) is 1.41. The van der Waals surface area contributed by atoms with Gasteiger partial charge in [0.25, 0.3) is 11.6 Å². The summed E-state index contributed by atoms with van der Waals surface area (Å²) in [4.78, 5) is 12.6. The molecule has 1 aliphatic heterocycles. The number of aliphatic hydroxyl groups is 1. The van der Waals surface area contributed by atoms with Gasteiger partial charge in [-0.05, 0) is 36.4 Å². The number of methoxy groups -OCH3 is 1. The molecule has 142 valence electrons. The number of nitrogens with zero attached hydrogens (tertiary/aromatic N) is 2. The van der Waals surface area contributed by atoms with Crippen molar-refractivity contribution in [3.8, 4) is 11.5 Å². The van der Waals surface area contributed by atoms with Crippen LogP contribution in [0.5, 0.6) is 11.5 Å². The van der Waals surface area contributed by atoms with Crippen LogP contribution < -0.4 is 4.74 Å². The van der Waals surface area contributed by atoms with Crippen LogP contribution in [0.1, 0.15) is 22.3 Å². The van der Waals surface area contributed by atoms with Crippen LogP contribution >= 0.6 is 0 Å². The Bertz CT molecular complexity index is 896. The Morgan fingerprint density at radius 3 is 2.48 bits per heavy atom. The second-order valence-electron chi connectivity index (χ2n) is 5.93. The van der Waals surface area contributed by atoms with Crippen LogP contribution in [0.4, 0.5) is 13.2 Å². The Morgan fingerprint density at radius 1 is 1.22 bits per heavy atom. The second-order valence-corrected chi connectivity index (χ2v) is 5.93. The number of halogens is 3. The van der Waals surface area contributed by atoms with Crippen molar-refractivity contribution in [3.05, 3.63) is 59.7 Å². The average Bonchev–Trinajstić information content (AvgIpc) is 3.01. The van der Waals surface area contributed by atoms with E-state index in [1.165, 1.54) is 19.2 Å². The lowest BCUT2D eigenvalue weighted by Gasteiger charge is -2.32. The first kappa shape index (κ1) is 18.7. The maximum atomic E-state index is 13.6. The number of rotatable bonds is 3. The predicted molar refractivity (Wildman–Crippen MR) is 89.4 cm³/mol. The van der Waals surface area contributed by atoms with Gasteiger partial charge in [0.05, 0.1) is 19.2 Å². The summed E-state index contributed by atoms with van der Waals surface area (Å²) >= 11 is 0. The lowest BCUT2D eigenvalue weighted by Crippen LogP contribution is -2.56. The van der Waals surface area contributed by atoms with Crippen LogP contribution in [0.15, 0.2) is 53.6 Å². The zero-order valence-corrected chi connectivity index (χ0v) is 14.1. The molecule has 0 unspecified atom stereocenters. The molecule has 1 atom stereocenters. The Balaban J connectivity index is 2.04. The minimum absolute atomic E-state index is 0.0359. The van der Waals surface area contributed by atoms with Crippen molar-refractivity contribution in [1.29, 1.82) is 0 Å². The smallest absolute Gasteiger partial charge is 0.438 e. The minimum atomic E-state index is -5.14. The van der Waals surface area contributed by atoms with E-state index < -0.39 is 24.2 Å². The van der Waals surface area contributed by atoms with Crippen molar-refractivity contribution >= 4 is 11.6 Å². The third kappa shape index (κ3) is 3.33. The van der Waals surface area contributed by atoms with Crippen molar-refractivity contribution < 1.29 is 32.9 Å². The lowest BCUT2D eigenvalue weighted by molar-refractivity contribution is -0.297. The van der Waals surface area contributed by atoms with E-state index >= 15 is 0 Å². The summed E-state index contributed by atoms with van der Waals surface area (Å²) in [6, 6.07) is 10.7. The number of aromatic hydroxyl groups is 1. The number of amides is 1. The SMILES string of the molecule is COc1cccc(C2=NN(C(=O)c3ccc(O)cc3)[C@](O)(C(F)(F)F)C2)c1. The van der Waals surface area contributed by atoms with Crippen molar-refractivity contribution in [2.24, 2.45) is 5.10 Å². The molecule has 2 aromatic rings. The Morgan fingerprint density at radius 2 is 1.89 bits per heavy atom. The average molecular weight is 380 g/mol. The van der Waals surface area contributed by atoms with Gasteiger partial charge in [-0.15, -0.1) is 0 Å². The molecule has 1 heterocycles. The molecule has 27 heavy (non-hydrogen) atoms. The van der Waals surface area contributed by atoms with E-state index in [1.54, 1.807) is 12.1 Å². The van der Waals surface area contributed by atoms with Gasteiger partial charge in [0.15, 0.2) is 0 Å². The molecule has 0 saturated carbocycles. The highest BCUT2D eigenvalue weighted by Crippen LogP contribution is 2.42. The van der Waals surface area contributed by atoms with Gasteiger partial charge in [0.2, 0.25) is 0 Å². The van der Waals surface area contributed by atoms with E-state index in [0.29, 0.717) is 5.75 Å².